The van der Waals surface area contributed by atoms with Crippen LogP contribution in [0.5, 0.6) is 0 Å². The summed E-state index contributed by atoms with van der Waals surface area (Å²) in [6.07, 6.45) is 7.02. The van der Waals surface area contributed by atoms with Crippen molar-refractivity contribution >= 4 is 5.91 Å². The molecule has 2 aliphatic heterocycles. The largest absolute Gasteiger partial charge is 0.341 e. The van der Waals surface area contributed by atoms with Gasteiger partial charge in [0, 0.05) is 25.7 Å². The molecule has 0 saturated carbocycles. The average Bonchev–Trinajstić information content (AvgIpc) is 2.90. The molecule has 0 bridgehead atoms. The van der Waals surface area contributed by atoms with E-state index in [9.17, 15) is 4.79 Å². The minimum atomic E-state index is 0.109. The molecule has 0 N–H and O–H groups in total. The number of hydrogen-bond acceptors (Lipinski definition) is 2. The van der Waals surface area contributed by atoms with Gasteiger partial charge in [0.25, 0.3) is 0 Å². The van der Waals surface area contributed by atoms with Crippen LogP contribution in [-0.4, -0.2) is 47.9 Å². The third-order valence-corrected chi connectivity index (χ3v) is 5.78. The molecule has 0 aromatic heterocycles. The SMILES string of the molecule is O=C(C1CCCc2ccccc21)N1CCCN2CCCC2C1. The summed E-state index contributed by atoms with van der Waals surface area (Å²) >= 11 is 0. The zero-order valence-electron chi connectivity index (χ0n) is 13.3. The topological polar surface area (TPSA) is 23.6 Å². The third-order valence-electron chi connectivity index (χ3n) is 5.78. The lowest BCUT2D eigenvalue weighted by Crippen LogP contribution is -2.42. The second-order valence-electron chi connectivity index (χ2n) is 7.11. The predicted molar refractivity (Wildman–Crippen MR) is 87.9 cm³/mol. The number of aryl methyl sites for hydroxylation is 1. The van der Waals surface area contributed by atoms with Gasteiger partial charge in [-0.1, -0.05) is 24.3 Å². The number of benzene rings is 1. The van der Waals surface area contributed by atoms with Gasteiger partial charge in [0.15, 0.2) is 0 Å². The van der Waals surface area contributed by atoms with Crippen molar-refractivity contribution in [3.05, 3.63) is 35.4 Å². The van der Waals surface area contributed by atoms with Gasteiger partial charge in [0.1, 0.15) is 0 Å². The van der Waals surface area contributed by atoms with Crippen LogP contribution >= 0.6 is 0 Å². The van der Waals surface area contributed by atoms with E-state index in [4.69, 9.17) is 0 Å². The van der Waals surface area contributed by atoms with E-state index in [1.165, 1.54) is 37.1 Å². The minimum absolute atomic E-state index is 0.109. The van der Waals surface area contributed by atoms with Crippen LogP contribution in [0, 0.1) is 0 Å². The number of rotatable bonds is 1. The average molecular weight is 298 g/mol. The van der Waals surface area contributed by atoms with Crippen molar-refractivity contribution in [1.82, 2.24) is 9.80 Å². The van der Waals surface area contributed by atoms with Gasteiger partial charge in [-0.25, -0.2) is 0 Å². The van der Waals surface area contributed by atoms with Crippen molar-refractivity contribution in [2.75, 3.05) is 26.2 Å². The van der Waals surface area contributed by atoms with Crippen LogP contribution in [0.4, 0.5) is 0 Å². The molecule has 22 heavy (non-hydrogen) atoms. The predicted octanol–water partition coefficient (Wildman–Crippen LogP) is 2.80. The maximum Gasteiger partial charge on any atom is 0.230 e. The zero-order valence-corrected chi connectivity index (χ0v) is 13.3. The standard InChI is InChI=1S/C19H26N2O/c22-19(18-10-3-7-15-6-1-2-9-17(15)18)21-13-5-12-20-11-4-8-16(20)14-21/h1-2,6,9,16,18H,3-5,7-8,10-14H2. The Bertz CT molecular complexity index is 556. The van der Waals surface area contributed by atoms with E-state index < -0.39 is 0 Å². The van der Waals surface area contributed by atoms with Crippen LogP contribution in [0.15, 0.2) is 24.3 Å². The fourth-order valence-electron chi connectivity index (χ4n) is 4.64. The van der Waals surface area contributed by atoms with Crippen LogP contribution in [0.3, 0.4) is 0 Å². The molecular formula is C19H26N2O. The molecule has 2 atom stereocenters. The van der Waals surface area contributed by atoms with Gasteiger partial charge in [0.05, 0.1) is 5.92 Å². The minimum Gasteiger partial charge on any atom is -0.341 e. The Kier molecular flexibility index (Phi) is 3.91. The molecule has 2 saturated heterocycles. The maximum absolute atomic E-state index is 13.2. The number of hydrogen-bond donors (Lipinski definition) is 0. The molecule has 2 unspecified atom stereocenters. The lowest BCUT2D eigenvalue weighted by atomic mass is 9.82. The van der Waals surface area contributed by atoms with Crippen LogP contribution in [0.1, 0.15) is 49.1 Å². The first-order valence-corrected chi connectivity index (χ1v) is 8.93. The van der Waals surface area contributed by atoms with Gasteiger partial charge < -0.3 is 4.90 Å². The Balaban J connectivity index is 1.54. The summed E-state index contributed by atoms with van der Waals surface area (Å²) in [5, 5.41) is 0. The Morgan fingerprint density at radius 3 is 2.82 bits per heavy atom. The van der Waals surface area contributed by atoms with E-state index in [0.29, 0.717) is 11.9 Å². The number of fused-ring (bicyclic) bond motifs is 2. The molecule has 3 nitrogen and oxygen atoms in total. The highest BCUT2D eigenvalue weighted by Crippen LogP contribution is 2.33. The Morgan fingerprint density at radius 2 is 1.86 bits per heavy atom. The molecule has 1 aromatic rings. The summed E-state index contributed by atoms with van der Waals surface area (Å²) in [5.41, 5.74) is 2.69. The molecule has 0 radical (unpaired) electrons. The third kappa shape index (κ3) is 2.56. The summed E-state index contributed by atoms with van der Waals surface area (Å²) in [5.74, 6) is 0.499. The second-order valence-corrected chi connectivity index (χ2v) is 7.11. The molecule has 118 valence electrons. The van der Waals surface area contributed by atoms with Crippen molar-refractivity contribution in [2.45, 2.75) is 50.5 Å². The smallest absolute Gasteiger partial charge is 0.230 e. The Hall–Kier alpha value is -1.35. The fraction of sp³-hybridized carbons (Fsp3) is 0.632. The quantitative estimate of drug-likeness (QED) is 0.796. The van der Waals surface area contributed by atoms with Crippen molar-refractivity contribution in [2.24, 2.45) is 0 Å². The molecule has 4 rings (SSSR count). The van der Waals surface area contributed by atoms with Crippen molar-refractivity contribution in [3.8, 4) is 0 Å². The Morgan fingerprint density at radius 1 is 1.00 bits per heavy atom. The first kappa shape index (κ1) is 14.3. The first-order valence-electron chi connectivity index (χ1n) is 8.93. The van der Waals surface area contributed by atoms with Crippen molar-refractivity contribution < 1.29 is 4.79 Å². The lowest BCUT2D eigenvalue weighted by molar-refractivity contribution is -0.133. The molecule has 0 spiro atoms. The van der Waals surface area contributed by atoms with Gasteiger partial charge in [-0.15, -0.1) is 0 Å². The van der Waals surface area contributed by atoms with Crippen LogP contribution < -0.4 is 0 Å². The molecule has 1 amide bonds. The number of carbonyl (C=O) groups is 1. The van der Waals surface area contributed by atoms with E-state index >= 15 is 0 Å². The van der Waals surface area contributed by atoms with Gasteiger partial charge in [-0.3, -0.25) is 9.69 Å². The molecule has 3 heteroatoms. The normalized spacial score (nSPS) is 28.8. The van der Waals surface area contributed by atoms with Gasteiger partial charge in [-0.2, -0.15) is 0 Å². The van der Waals surface area contributed by atoms with E-state index in [2.05, 4.69) is 34.1 Å². The summed E-state index contributed by atoms with van der Waals surface area (Å²) in [6, 6.07) is 9.19. The molecule has 3 aliphatic rings. The lowest BCUT2D eigenvalue weighted by Gasteiger charge is -2.31. The van der Waals surface area contributed by atoms with E-state index in [0.717, 1.165) is 38.8 Å². The summed E-state index contributed by atoms with van der Waals surface area (Å²) < 4.78 is 0. The van der Waals surface area contributed by atoms with E-state index in [-0.39, 0.29) is 5.92 Å². The highest BCUT2D eigenvalue weighted by Gasteiger charge is 2.34. The summed E-state index contributed by atoms with van der Waals surface area (Å²) in [6.45, 7) is 4.32. The van der Waals surface area contributed by atoms with Crippen LogP contribution in [-0.2, 0) is 11.2 Å². The highest BCUT2D eigenvalue weighted by atomic mass is 16.2. The van der Waals surface area contributed by atoms with Gasteiger partial charge in [-0.05, 0) is 56.2 Å². The van der Waals surface area contributed by atoms with Gasteiger partial charge >= 0.3 is 0 Å². The molecule has 1 aromatic carbocycles. The van der Waals surface area contributed by atoms with Crippen molar-refractivity contribution in [3.63, 3.8) is 0 Å². The summed E-state index contributed by atoms with van der Waals surface area (Å²) in [7, 11) is 0. The summed E-state index contributed by atoms with van der Waals surface area (Å²) in [4.78, 5) is 17.9. The molecule has 1 aliphatic carbocycles. The molecule has 2 heterocycles. The first-order chi connectivity index (χ1) is 10.8. The second kappa shape index (κ2) is 6.04. The highest BCUT2D eigenvalue weighted by molar-refractivity contribution is 5.84. The van der Waals surface area contributed by atoms with Crippen LogP contribution in [0.25, 0.3) is 0 Å². The van der Waals surface area contributed by atoms with E-state index in [1.807, 2.05) is 0 Å². The zero-order chi connectivity index (χ0) is 14.9. The Labute approximate surface area is 133 Å². The van der Waals surface area contributed by atoms with E-state index in [1.54, 1.807) is 0 Å². The fourth-order valence-corrected chi connectivity index (χ4v) is 4.64. The number of nitrogens with zero attached hydrogens (tertiary/aromatic N) is 2. The molecule has 2 fully saturated rings. The number of amides is 1. The molecular weight excluding hydrogens is 272 g/mol. The van der Waals surface area contributed by atoms with Crippen molar-refractivity contribution in [1.29, 1.82) is 0 Å². The van der Waals surface area contributed by atoms with Gasteiger partial charge in [0.2, 0.25) is 5.91 Å². The number of carbonyl (C=O) groups excluding carboxylic acids is 1. The maximum atomic E-state index is 13.2. The monoisotopic (exact) mass is 298 g/mol. The van der Waals surface area contributed by atoms with Crippen LogP contribution in [0.2, 0.25) is 0 Å².